The predicted octanol–water partition coefficient (Wildman–Crippen LogP) is 3.30. The van der Waals surface area contributed by atoms with Crippen molar-refractivity contribution in [3.63, 3.8) is 0 Å². The largest absolute Gasteiger partial charge is 0.315 e. The average molecular weight is 290 g/mol. The van der Waals surface area contributed by atoms with Crippen LogP contribution >= 0.6 is 11.3 Å². The highest BCUT2D eigenvalue weighted by Gasteiger charge is 2.25. The fraction of sp³-hybridized carbons (Fsp3) is 0.600. The number of piperidine rings is 1. The Labute approximate surface area is 124 Å². The molecule has 3 heterocycles. The Hall–Kier alpha value is -1.20. The van der Waals surface area contributed by atoms with Gasteiger partial charge in [0, 0.05) is 25.0 Å². The van der Waals surface area contributed by atoms with Crippen molar-refractivity contribution in [1.29, 1.82) is 0 Å². The molecule has 2 aromatic rings. The van der Waals surface area contributed by atoms with Crippen molar-refractivity contribution in [2.45, 2.75) is 45.2 Å². The van der Waals surface area contributed by atoms with Gasteiger partial charge in [0.1, 0.15) is 12.2 Å². The maximum atomic E-state index is 4.38. The van der Waals surface area contributed by atoms with Crippen LogP contribution in [0, 0.1) is 0 Å². The zero-order valence-corrected chi connectivity index (χ0v) is 13.0. The number of aromatic nitrogens is 3. The van der Waals surface area contributed by atoms with E-state index in [2.05, 4.69) is 50.3 Å². The molecule has 108 valence electrons. The average Bonchev–Trinajstić information content (AvgIpc) is 3.09. The predicted molar refractivity (Wildman–Crippen MR) is 82.0 cm³/mol. The Bertz CT molecular complexity index is 532. The van der Waals surface area contributed by atoms with Crippen LogP contribution in [0.3, 0.4) is 0 Å². The van der Waals surface area contributed by atoms with Gasteiger partial charge in [-0.3, -0.25) is 4.90 Å². The van der Waals surface area contributed by atoms with Crippen molar-refractivity contribution in [3.8, 4) is 0 Å². The van der Waals surface area contributed by atoms with Gasteiger partial charge in [0.05, 0.1) is 0 Å². The van der Waals surface area contributed by atoms with E-state index in [1.807, 2.05) is 6.33 Å². The summed E-state index contributed by atoms with van der Waals surface area (Å²) < 4.78 is 2.22. The third-order valence-electron chi connectivity index (χ3n) is 4.01. The Balaban J connectivity index is 1.70. The standard InChI is InChI=1S/C15H22N4S/c1-12(2)19-11-16-17-15(19)14-4-3-6-18(9-14)8-13-5-7-20-10-13/h5,7,10-12,14H,3-4,6,8-9H2,1-2H3. The summed E-state index contributed by atoms with van der Waals surface area (Å²) in [5, 5.41) is 12.9. The summed E-state index contributed by atoms with van der Waals surface area (Å²) in [6.07, 6.45) is 4.35. The van der Waals surface area contributed by atoms with Crippen LogP contribution in [0.5, 0.6) is 0 Å². The molecular formula is C15H22N4S. The number of likely N-dealkylation sites (tertiary alicyclic amines) is 1. The lowest BCUT2D eigenvalue weighted by Gasteiger charge is -2.32. The van der Waals surface area contributed by atoms with Gasteiger partial charge in [0.15, 0.2) is 0 Å². The van der Waals surface area contributed by atoms with Crippen LogP contribution in [-0.2, 0) is 6.54 Å². The fourth-order valence-electron chi connectivity index (χ4n) is 2.99. The van der Waals surface area contributed by atoms with Crippen molar-refractivity contribution in [2.75, 3.05) is 13.1 Å². The minimum absolute atomic E-state index is 0.437. The van der Waals surface area contributed by atoms with Crippen molar-refractivity contribution in [1.82, 2.24) is 19.7 Å². The van der Waals surface area contributed by atoms with Crippen LogP contribution in [0.25, 0.3) is 0 Å². The van der Waals surface area contributed by atoms with Gasteiger partial charge < -0.3 is 4.57 Å². The molecule has 4 nitrogen and oxygen atoms in total. The normalized spacial score (nSPS) is 20.6. The molecule has 0 N–H and O–H groups in total. The van der Waals surface area contributed by atoms with Gasteiger partial charge >= 0.3 is 0 Å². The highest BCUT2D eigenvalue weighted by Crippen LogP contribution is 2.28. The van der Waals surface area contributed by atoms with Gasteiger partial charge in [-0.2, -0.15) is 11.3 Å². The van der Waals surface area contributed by atoms with E-state index in [9.17, 15) is 0 Å². The molecule has 0 radical (unpaired) electrons. The first-order chi connectivity index (χ1) is 9.74. The van der Waals surface area contributed by atoms with E-state index in [1.165, 1.54) is 24.9 Å². The molecule has 3 rings (SSSR count). The molecule has 0 aromatic carbocycles. The first-order valence-corrected chi connectivity index (χ1v) is 8.31. The summed E-state index contributed by atoms with van der Waals surface area (Å²) in [4.78, 5) is 2.55. The minimum Gasteiger partial charge on any atom is -0.315 e. The Morgan fingerprint density at radius 2 is 2.35 bits per heavy atom. The minimum atomic E-state index is 0.437. The Kier molecular flexibility index (Phi) is 4.17. The highest BCUT2D eigenvalue weighted by atomic mass is 32.1. The summed E-state index contributed by atoms with van der Waals surface area (Å²) in [7, 11) is 0. The molecule has 1 atom stereocenters. The number of hydrogen-bond acceptors (Lipinski definition) is 4. The van der Waals surface area contributed by atoms with Gasteiger partial charge in [-0.1, -0.05) is 0 Å². The summed E-state index contributed by atoms with van der Waals surface area (Å²) in [5.41, 5.74) is 1.43. The molecule has 0 bridgehead atoms. The highest BCUT2D eigenvalue weighted by molar-refractivity contribution is 7.07. The van der Waals surface area contributed by atoms with E-state index >= 15 is 0 Å². The lowest BCUT2D eigenvalue weighted by atomic mass is 9.96. The van der Waals surface area contributed by atoms with Crippen LogP contribution in [0.15, 0.2) is 23.2 Å². The van der Waals surface area contributed by atoms with Gasteiger partial charge in [-0.15, -0.1) is 10.2 Å². The van der Waals surface area contributed by atoms with Crippen molar-refractivity contribution < 1.29 is 0 Å². The van der Waals surface area contributed by atoms with E-state index < -0.39 is 0 Å². The van der Waals surface area contributed by atoms with E-state index in [-0.39, 0.29) is 0 Å². The maximum absolute atomic E-state index is 4.38. The van der Waals surface area contributed by atoms with Crippen molar-refractivity contribution in [2.24, 2.45) is 0 Å². The second kappa shape index (κ2) is 6.06. The molecule has 0 spiro atoms. The molecule has 0 saturated carbocycles. The third-order valence-corrected chi connectivity index (χ3v) is 4.75. The summed E-state index contributed by atoms with van der Waals surface area (Å²) in [6.45, 7) is 7.75. The molecule has 2 aromatic heterocycles. The number of thiophene rings is 1. The van der Waals surface area contributed by atoms with E-state index in [0.717, 1.165) is 18.9 Å². The maximum Gasteiger partial charge on any atom is 0.137 e. The molecule has 1 aliphatic rings. The molecule has 0 amide bonds. The molecule has 20 heavy (non-hydrogen) atoms. The fourth-order valence-corrected chi connectivity index (χ4v) is 3.65. The monoisotopic (exact) mass is 290 g/mol. The van der Waals surface area contributed by atoms with Crippen molar-refractivity contribution >= 4 is 11.3 Å². The van der Waals surface area contributed by atoms with Gasteiger partial charge in [-0.25, -0.2) is 0 Å². The molecule has 1 unspecified atom stereocenters. The summed E-state index contributed by atoms with van der Waals surface area (Å²) >= 11 is 1.78. The summed E-state index contributed by atoms with van der Waals surface area (Å²) in [5.74, 6) is 1.68. The zero-order valence-electron chi connectivity index (χ0n) is 12.2. The van der Waals surface area contributed by atoms with Crippen molar-refractivity contribution in [3.05, 3.63) is 34.5 Å². The first-order valence-electron chi connectivity index (χ1n) is 7.37. The van der Waals surface area contributed by atoms with Gasteiger partial charge in [0.25, 0.3) is 0 Å². The summed E-state index contributed by atoms with van der Waals surface area (Å²) in [6, 6.07) is 2.66. The second-order valence-corrected chi connectivity index (χ2v) is 6.68. The molecule has 5 heteroatoms. The lowest BCUT2D eigenvalue weighted by Crippen LogP contribution is -2.35. The quantitative estimate of drug-likeness (QED) is 0.866. The van der Waals surface area contributed by atoms with Crippen LogP contribution < -0.4 is 0 Å². The molecular weight excluding hydrogens is 268 g/mol. The topological polar surface area (TPSA) is 34.0 Å². The number of nitrogens with zero attached hydrogens (tertiary/aromatic N) is 4. The molecule has 1 fully saturated rings. The second-order valence-electron chi connectivity index (χ2n) is 5.90. The van der Waals surface area contributed by atoms with E-state index in [4.69, 9.17) is 0 Å². The molecule has 1 saturated heterocycles. The Morgan fingerprint density at radius 1 is 1.45 bits per heavy atom. The number of hydrogen-bond donors (Lipinski definition) is 0. The first kappa shape index (κ1) is 13.8. The SMILES string of the molecule is CC(C)n1cnnc1C1CCCN(Cc2ccsc2)C1. The van der Waals surface area contributed by atoms with Gasteiger partial charge in [0.2, 0.25) is 0 Å². The molecule has 1 aliphatic heterocycles. The lowest BCUT2D eigenvalue weighted by molar-refractivity contribution is 0.194. The van der Waals surface area contributed by atoms with E-state index in [1.54, 1.807) is 11.3 Å². The third kappa shape index (κ3) is 2.94. The molecule has 0 aliphatic carbocycles. The van der Waals surface area contributed by atoms with Crippen LogP contribution in [0.2, 0.25) is 0 Å². The Morgan fingerprint density at radius 3 is 3.10 bits per heavy atom. The van der Waals surface area contributed by atoms with E-state index in [0.29, 0.717) is 12.0 Å². The van der Waals surface area contributed by atoms with Gasteiger partial charge in [-0.05, 0) is 55.6 Å². The smallest absolute Gasteiger partial charge is 0.137 e. The van der Waals surface area contributed by atoms with Crippen LogP contribution in [0.4, 0.5) is 0 Å². The van der Waals surface area contributed by atoms with Crippen LogP contribution in [0.1, 0.15) is 50.0 Å². The van der Waals surface area contributed by atoms with Crippen LogP contribution in [-0.4, -0.2) is 32.8 Å². The zero-order chi connectivity index (χ0) is 13.9. The number of rotatable bonds is 4.